The van der Waals surface area contributed by atoms with Crippen molar-refractivity contribution in [3.05, 3.63) is 88.4 Å². The number of nitrogens with zero attached hydrogens (tertiary/aromatic N) is 4. The lowest BCUT2D eigenvalue weighted by Gasteiger charge is -2.10. The molecule has 5 aromatic rings. The molecule has 0 saturated carbocycles. The van der Waals surface area contributed by atoms with E-state index in [4.69, 9.17) is 27.9 Å². The number of hydrogen-bond acceptors (Lipinski definition) is 4. The average Bonchev–Trinajstić information content (AvgIpc) is 3.38. The zero-order valence-corrected chi connectivity index (χ0v) is 17.1. The molecule has 0 amide bonds. The molecule has 0 aliphatic rings. The Labute approximate surface area is 182 Å². The molecule has 0 aliphatic carbocycles. The Balaban J connectivity index is 1.75. The first-order valence-electron chi connectivity index (χ1n) is 9.22. The lowest BCUT2D eigenvalue weighted by atomic mass is 10.2. The molecule has 3 aromatic carbocycles. The smallest absolute Gasteiger partial charge is 0.224 e. The number of aromatic nitrogens is 5. The molecule has 0 bridgehead atoms. The number of aromatic amines is 1. The standard InChI is InChI=1S/C22H15Cl2N5O/c23-15-8-6-14(7-9-15)13-29-19-11-10-16(24)12-18(19)21(20(29)22-25-27-28-26-22)30-17-4-2-1-3-5-17/h1-12H,13H2,(H,25,26,27,28). The van der Waals surface area contributed by atoms with Crippen LogP contribution in [0.15, 0.2) is 72.8 Å². The first-order chi connectivity index (χ1) is 14.7. The second-order valence-electron chi connectivity index (χ2n) is 6.70. The summed E-state index contributed by atoms with van der Waals surface area (Å²) in [6.07, 6.45) is 0. The van der Waals surface area contributed by atoms with E-state index in [-0.39, 0.29) is 0 Å². The summed E-state index contributed by atoms with van der Waals surface area (Å²) in [7, 11) is 0. The average molecular weight is 436 g/mol. The van der Waals surface area contributed by atoms with E-state index in [9.17, 15) is 0 Å². The number of ether oxygens (including phenoxy) is 1. The van der Waals surface area contributed by atoms with Crippen LogP contribution in [0.2, 0.25) is 10.0 Å². The maximum Gasteiger partial charge on any atom is 0.224 e. The highest BCUT2D eigenvalue weighted by molar-refractivity contribution is 6.31. The zero-order chi connectivity index (χ0) is 20.5. The minimum Gasteiger partial charge on any atom is -0.454 e. The summed E-state index contributed by atoms with van der Waals surface area (Å²) in [6, 6.07) is 23.0. The molecular weight excluding hydrogens is 421 g/mol. The Kier molecular flexibility index (Phi) is 4.86. The highest BCUT2D eigenvalue weighted by Crippen LogP contribution is 2.42. The Morgan fingerprint density at radius 2 is 1.67 bits per heavy atom. The highest BCUT2D eigenvalue weighted by atomic mass is 35.5. The molecule has 0 fully saturated rings. The Morgan fingerprint density at radius 3 is 2.40 bits per heavy atom. The number of H-pyrrole nitrogens is 1. The molecule has 2 heterocycles. The van der Waals surface area contributed by atoms with Gasteiger partial charge in [0, 0.05) is 22.0 Å². The van der Waals surface area contributed by atoms with E-state index in [0.29, 0.717) is 39.6 Å². The maximum absolute atomic E-state index is 6.33. The number of rotatable bonds is 5. The van der Waals surface area contributed by atoms with E-state index in [1.807, 2.05) is 72.8 Å². The summed E-state index contributed by atoms with van der Waals surface area (Å²) in [5.41, 5.74) is 2.72. The number of hydrogen-bond donors (Lipinski definition) is 1. The predicted octanol–water partition coefficient (Wildman–Crippen LogP) is 5.97. The molecule has 0 aliphatic heterocycles. The molecular formula is C22H15Cl2N5O. The number of fused-ring (bicyclic) bond motifs is 1. The molecule has 148 valence electrons. The van der Waals surface area contributed by atoms with Crippen molar-refractivity contribution in [2.45, 2.75) is 6.54 Å². The molecule has 5 rings (SSSR count). The third kappa shape index (κ3) is 3.51. The van der Waals surface area contributed by atoms with E-state index < -0.39 is 0 Å². The fourth-order valence-electron chi connectivity index (χ4n) is 3.43. The van der Waals surface area contributed by atoms with Crippen LogP contribution in [0.1, 0.15) is 5.56 Å². The van der Waals surface area contributed by atoms with E-state index >= 15 is 0 Å². The number of para-hydroxylation sites is 1. The topological polar surface area (TPSA) is 68.6 Å². The van der Waals surface area contributed by atoms with Crippen molar-refractivity contribution < 1.29 is 4.74 Å². The van der Waals surface area contributed by atoms with Gasteiger partial charge in [-0.3, -0.25) is 0 Å². The van der Waals surface area contributed by atoms with Gasteiger partial charge in [-0.05, 0) is 53.2 Å². The van der Waals surface area contributed by atoms with Crippen molar-refractivity contribution in [3.63, 3.8) is 0 Å². The predicted molar refractivity (Wildman–Crippen MR) is 117 cm³/mol. The van der Waals surface area contributed by atoms with Gasteiger partial charge in [-0.1, -0.05) is 53.5 Å². The molecule has 8 heteroatoms. The van der Waals surface area contributed by atoms with Crippen LogP contribution in [0.4, 0.5) is 0 Å². The van der Waals surface area contributed by atoms with Gasteiger partial charge in [0.05, 0.1) is 5.52 Å². The first kappa shape index (κ1) is 18.7. The third-order valence-corrected chi connectivity index (χ3v) is 5.24. The minimum absolute atomic E-state index is 0.433. The fourth-order valence-corrected chi connectivity index (χ4v) is 3.72. The normalized spacial score (nSPS) is 11.1. The van der Waals surface area contributed by atoms with Gasteiger partial charge in [0.1, 0.15) is 11.4 Å². The summed E-state index contributed by atoms with van der Waals surface area (Å²) in [5, 5.41) is 16.9. The number of benzene rings is 3. The summed E-state index contributed by atoms with van der Waals surface area (Å²) >= 11 is 12.4. The van der Waals surface area contributed by atoms with Gasteiger partial charge in [-0.2, -0.15) is 5.21 Å². The Morgan fingerprint density at radius 1 is 0.900 bits per heavy atom. The molecule has 0 spiro atoms. The number of tetrazole rings is 1. The zero-order valence-electron chi connectivity index (χ0n) is 15.6. The summed E-state index contributed by atoms with van der Waals surface area (Å²) in [4.78, 5) is 0. The molecule has 6 nitrogen and oxygen atoms in total. The number of halogens is 2. The van der Waals surface area contributed by atoms with Gasteiger partial charge in [0.2, 0.25) is 5.82 Å². The van der Waals surface area contributed by atoms with Gasteiger partial charge >= 0.3 is 0 Å². The third-order valence-electron chi connectivity index (χ3n) is 4.75. The van der Waals surface area contributed by atoms with Crippen LogP contribution in [0.25, 0.3) is 22.4 Å². The minimum atomic E-state index is 0.433. The van der Waals surface area contributed by atoms with Crippen LogP contribution < -0.4 is 4.74 Å². The van der Waals surface area contributed by atoms with Crippen molar-refractivity contribution >= 4 is 34.1 Å². The molecule has 0 atom stereocenters. The number of nitrogens with one attached hydrogen (secondary N) is 1. The summed E-state index contributed by atoms with van der Waals surface area (Å²) < 4.78 is 8.41. The van der Waals surface area contributed by atoms with Crippen molar-refractivity contribution in [3.8, 4) is 23.0 Å². The molecule has 0 radical (unpaired) electrons. The van der Waals surface area contributed by atoms with Crippen LogP contribution in [-0.2, 0) is 6.54 Å². The van der Waals surface area contributed by atoms with E-state index in [1.165, 1.54) is 0 Å². The summed E-state index contributed by atoms with van der Waals surface area (Å²) in [6.45, 7) is 0.567. The fraction of sp³-hybridized carbons (Fsp3) is 0.0455. The van der Waals surface area contributed by atoms with Crippen molar-refractivity contribution in [2.24, 2.45) is 0 Å². The molecule has 0 unspecified atom stereocenters. The SMILES string of the molecule is Clc1ccc(Cn2c(-c3nn[nH]n3)c(Oc3ccccc3)c3cc(Cl)ccc32)cc1. The molecule has 30 heavy (non-hydrogen) atoms. The maximum atomic E-state index is 6.33. The quantitative estimate of drug-likeness (QED) is 0.369. The molecule has 1 N–H and O–H groups in total. The van der Waals surface area contributed by atoms with Gasteiger partial charge in [-0.15, -0.1) is 10.2 Å². The van der Waals surface area contributed by atoms with Gasteiger partial charge in [-0.25, -0.2) is 0 Å². The van der Waals surface area contributed by atoms with E-state index in [2.05, 4.69) is 25.2 Å². The van der Waals surface area contributed by atoms with Gasteiger partial charge in [0.15, 0.2) is 5.75 Å². The second kappa shape index (κ2) is 7.82. The first-order valence-corrected chi connectivity index (χ1v) is 9.97. The monoisotopic (exact) mass is 435 g/mol. The van der Waals surface area contributed by atoms with E-state index in [1.54, 1.807) is 0 Å². The van der Waals surface area contributed by atoms with Crippen molar-refractivity contribution in [2.75, 3.05) is 0 Å². The molecule has 2 aromatic heterocycles. The van der Waals surface area contributed by atoms with Crippen molar-refractivity contribution in [1.82, 2.24) is 25.2 Å². The van der Waals surface area contributed by atoms with Crippen LogP contribution in [0.3, 0.4) is 0 Å². The van der Waals surface area contributed by atoms with E-state index in [0.717, 1.165) is 16.5 Å². The van der Waals surface area contributed by atoms with Crippen LogP contribution in [-0.4, -0.2) is 25.2 Å². The van der Waals surface area contributed by atoms with Crippen LogP contribution in [0, 0.1) is 0 Å². The van der Waals surface area contributed by atoms with Crippen molar-refractivity contribution in [1.29, 1.82) is 0 Å². The Bertz CT molecular complexity index is 1300. The lowest BCUT2D eigenvalue weighted by molar-refractivity contribution is 0.487. The van der Waals surface area contributed by atoms with Gasteiger partial charge < -0.3 is 9.30 Å². The molecule has 0 saturated heterocycles. The van der Waals surface area contributed by atoms with Gasteiger partial charge in [0.25, 0.3) is 0 Å². The summed E-state index contributed by atoms with van der Waals surface area (Å²) in [5.74, 6) is 1.75. The second-order valence-corrected chi connectivity index (χ2v) is 7.58. The van der Waals surface area contributed by atoms with Crippen LogP contribution in [0.5, 0.6) is 11.5 Å². The van der Waals surface area contributed by atoms with Crippen LogP contribution >= 0.6 is 23.2 Å². The Hall–Kier alpha value is -3.35. The highest BCUT2D eigenvalue weighted by Gasteiger charge is 2.24. The lowest BCUT2D eigenvalue weighted by Crippen LogP contribution is -2.03. The largest absolute Gasteiger partial charge is 0.454 e.